The average Bonchev–Trinajstić information content (AvgIpc) is 2.55. The van der Waals surface area contributed by atoms with Crippen molar-refractivity contribution in [2.75, 3.05) is 5.32 Å². The molecule has 2 aromatic carbocycles. The number of aromatic hydroxyl groups is 1. The van der Waals surface area contributed by atoms with Crippen LogP contribution < -0.4 is 16.3 Å². The molecule has 0 aliphatic heterocycles. The van der Waals surface area contributed by atoms with Gasteiger partial charge in [0.05, 0.1) is 0 Å². The van der Waals surface area contributed by atoms with Gasteiger partial charge in [-0.25, -0.2) is 10.2 Å². The van der Waals surface area contributed by atoms with Crippen LogP contribution in [0.3, 0.4) is 0 Å². The predicted molar refractivity (Wildman–Crippen MR) is 91.8 cm³/mol. The molecule has 0 saturated carbocycles. The van der Waals surface area contributed by atoms with Crippen molar-refractivity contribution in [2.45, 2.75) is 6.92 Å². The van der Waals surface area contributed by atoms with Crippen LogP contribution in [0.1, 0.15) is 5.56 Å². The van der Waals surface area contributed by atoms with Gasteiger partial charge in [0.2, 0.25) is 5.55 Å². The summed E-state index contributed by atoms with van der Waals surface area (Å²) in [6.45, 7) is 1.89. The van der Waals surface area contributed by atoms with Gasteiger partial charge in [-0.2, -0.15) is 0 Å². The summed E-state index contributed by atoms with van der Waals surface area (Å²) in [5, 5.41) is 17.5. The van der Waals surface area contributed by atoms with Gasteiger partial charge in [0.25, 0.3) is 0 Å². The molecule has 0 spiro atoms. The van der Waals surface area contributed by atoms with E-state index in [0.717, 1.165) is 10.9 Å². The van der Waals surface area contributed by atoms with Crippen LogP contribution in [0.25, 0.3) is 11.0 Å². The van der Waals surface area contributed by atoms with E-state index in [-0.39, 0.29) is 11.3 Å². The summed E-state index contributed by atoms with van der Waals surface area (Å²) in [4.78, 5) is 11.8. The lowest BCUT2D eigenvalue weighted by Gasteiger charge is -2.04. The van der Waals surface area contributed by atoms with Crippen LogP contribution in [0.4, 0.5) is 10.5 Å². The van der Waals surface area contributed by atoms with E-state index in [1.807, 2.05) is 6.92 Å². The van der Waals surface area contributed by atoms with Crippen LogP contribution in [0, 0.1) is 6.92 Å². The van der Waals surface area contributed by atoms with Crippen molar-refractivity contribution < 1.29 is 14.3 Å². The van der Waals surface area contributed by atoms with Gasteiger partial charge in [-0.05, 0) is 48.9 Å². The smallest absolute Gasteiger partial charge is 0.339 e. The van der Waals surface area contributed by atoms with Gasteiger partial charge >= 0.3 is 6.03 Å². The predicted octanol–water partition coefficient (Wildman–Crippen LogP) is 3.74. The van der Waals surface area contributed by atoms with Crippen LogP contribution >= 0.6 is 11.6 Å². The number of phenolic OH excluding ortho intramolecular Hbond substituents is 1. The minimum Gasteiger partial charge on any atom is -0.508 e. The van der Waals surface area contributed by atoms with Crippen molar-refractivity contribution in [3.63, 3.8) is 0 Å². The zero-order valence-corrected chi connectivity index (χ0v) is 13.5. The molecule has 1 aromatic heterocycles. The number of hydrogen-bond acceptors (Lipinski definition) is 4. The normalized spacial score (nSPS) is 11.5. The minimum absolute atomic E-state index is 0.0937. The average molecular weight is 344 g/mol. The van der Waals surface area contributed by atoms with Gasteiger partial charge in [-0.3, -0.25) is 0 Å². The number of benzene rings is 2. The van der Waals surface area contributed by atoms with Crippen LogP contribution in [-0.4, -0.2) is 11.1 Å². The summed E-state index contributed by atoms with van der Waals surface area (Å²) in [6, 6.07) is 12.7. The van der Waals surface area contributed by atoms with E-state index in [4.69, 9.17) is 16.0 Å². The third-order valence-corrected chi connectivity index (χ3v) is 3.57. The fourth-order valence-electron chi connectivity index (χ4n) is 2.18. The molecule has 7 heteroatoms. The molecule has 6 nitrogen and oxygen atoms in total. The van der Waals surface area contributed by atoms with Gasteiger partial charge < -0.3 is 14.8 Å². The summed E-state index contributed by atoms with van der Waals surface area (Å²) in [6.07, 6.45) is 0. The number of amides is 2. The minimum atomic E-state index is -0.513. The first-order valence-electron chi connectivity index (χ1n) is 7.11. The third kappa shape index (κ3) is 3.67. The standard InChI is InChI=1S/C17H14ClN3O3/c1-10-8-16(24-15-9-13(22)6-7-14(10)15)20-21-17(23)19-12-4-2-11(18)3-5-12/h2-9,22H,1H3,(H2,19,21,23)/b20-16+. The van der Waals surface area contributed by atoms with Crippen molar-refractivity contribution >= 4 is 34.3 Å². The summed E-state index contributed by atoms with van der Waals surface area (Å²) in [5.41, 5.74) is 4.55. The fraction of sp³-hybridized carbons (Fsp3) is 0.0588. The van der Waals surface area contributed by atoms with Gasteiger partial charge in [-0.1, -0.05) is 11.6 Å². The van der Waals surface area contributed by atoms with Crippen molar-refractivity contribution in [1.82, 2.24) is 5.43 Å². The quantitative estimate of drug-likeness (QED) is 0.619. The summed E-state index contributed by atoms with van der Waals surface area (Å²) in [5.74, 6) is 0.0937. The first kappa shape index (κ1) is 15.9. The Morgan fingerprint density at radius 3 is 2.67 bits per heavy atom. The zero-order valence-electron chi connectivity index (χ0n) is 12.7. The highest BCUT2D eigenvalue weighted by Crippen LogP contribution is 2.20. The van der Waals surface area contributed by atoms with Gasteiger partial charge in [0.1, 0.15) is 11.3 Å². The number of rotatable bonds is 2. The Morgan fingerprint density at radius 2 is 1.92 bits per heavy atom. The van der Waals surface area contributed by atoms with Gasteiger partial charge in [0.15, 0.2) is 0 Å². The van der Waals surface area contributed by atoms with Crippen molar-refractivity contribution in [3.05, 3.63) is 64.7 Å². The monoisotopic (exact) mass is 343 g/mol. The molecule has 0 fully saturated rings. The van der Waals surface area contributed by atoms with Crippen LogP contribution in [0.2, 0.25) is 5.02 Å². The van der Waals surface area contributed by atoms with Crippen LogP contribution in [0.5, 0.6) is 5.75 Å². The van der Waals surface area contributed by atoms with Crippen LogP contribution in [-0.2, 0) is 0 Å². The molecule has 0 unspecified atom stereocenters. The highest BCUT2D eigenvalue weighted by molar-refractivity contribution is 6.30. The number of anilines is 1. The molecule has 1 heterocycles. The molecular weight excluding hydrogens is 330 g/mol. The number of nitrogens with one attached hydrogen (secondary N) is 2. The summed E-state index contributed by atoms with van der Waals surface area (Å²) < 4.78 is 5.55. The van der Waals surface area contributed by atoms with Crippen molar-refractivity contribution in [3.8, 4) is 5.75 Å². The highest BCUT2D eigenvalue weighted by atomic mass is 35.5. The Kier molecular flexibility index (Phi) is 4.39. The van der Waals surface area contributed by atoms with Crippen molar-refractivity contribution in [2.24, 2.45) is 5.10 Å². The lowest BCUT2D eigenvalue weighted by molar-refractivity contribution is 0.251. The number of phenols is 1. The maximum atomic E-state index is 11.8. The van der Waals surface area contributed by atoms with E-state index in [2.05, 4.69) is 15.8 Å². The Bertz CT molecular complexity index is 965. The molecule has 122 valence electrons. The molecule has 0 atom stereocenters. The molecule has 24 heavy (non-hydrogen) atoms. The Labute approximate surface area is 142 Å². The maximum Gasteiger partial charge on any atom is 0.339 e. The molecule has 3 N–H and O–H groups in total. The van der Waals surface area contributed by atoms with Gasteiger partial charge in [0, 0.05) is 28.2 Å². The Balaban J connectivity index is 1.79. The molecule has 3 aromatic rings. The molecule has 2 amide bonds. The molecule has 0 aliphatic rings. The number of carbonyl (C=O) groups is 1. The number of urea groups is 1. The summed E-state index contributed by atoms with van der Waals surface area (Å²) >= 11 is 5.79. The Hall–Kier alpha value is -2.99. The van der Waals surface area contributed by atoms with E-state index in [9.17, 15) is 9.90 Å². The number of nitrogens with zero attached hydrogens (tertiary/aromatic N) is 1. The van der Waals surface area contributed by atoms with Gasteiger partial charge in [-0.15, -0.1) is 5.10 Å². The van der Waals surface area contributed by atoms with Crippen molar-refractivity contribution in [1.29, 1.82) is 0 Å². The third-order valence-electron chi connectivity index (χ3n) is 3.31. The van der Waals surface area contributed by atoms with E-state index < -0.39 is 6.03 Å². The number of aryl methyl sites for hydroxylation is 1. The maximum absolute atomic E-state index is 11.8. The largest absolute Gasteiger partial charge is 0.508 e. The second-order valence-electron chi connectivity index (χ2n) is 5.13. The van der Waals surface area contributed by atoms with E-state index in [1.54, 1.807) is 42.5 Å². The number of fused-ring (bicyclic) bond motifs is 1. The molecule has 0 saturated heterocycles. The fourth-order valence-corrected chi connectivity index (χ4v) is 2.31. The topological polar surface area (TPSA) is 86.9 Å². The van der Waals surface area contributed by atoms with Crippen LogP contribution in [0.15, 0.2) is 58.0 Å². The molecule has 0 aliphatic carbocycles. The second kappa shape index (κ2) is 6.64. The Morgan fingerprint density at radius 1 is 1.17 bits per heavy atom. The van der Waals surface area contributed by atoms with E-state index in [0.29, 0.717) is 16.3 Å². The highest BCUT2D eigenvalue weighted by Gasteiger charge is 2.03. The molecule has 0 bridgehead atoms. The number of carbonyl (C=O) groups excluding carboxylic acids is 1. The first-order chi connectivity index (χ1) is 11.5. The molecule has 0 radical (unpaired) electrons. The lowest BCUT2D eigenvalue weighted by atomic mass is 10.1. The number of hydrogen-bond donors (Lipinski definition) is 3. The van der Waals surface area contributed by atoms with E-state index in [1.165, 1.54) is 6.07 Å². The molecular formula is C17H14ClN3O3. The lowest BCUT2D eigenvalue weighted by Crippen LogP contribution is -2.26. The van der Waals surface area contributed by atoms with E-state index >= 15 is 0 Å². The zero-order chi connectivity index (χ0) is 17.1. The number of halogens is 1. The first-order valence-corrected chi connectivity index (χ1v) is 7.49. The summed E-state index contributed by atoms with van der Waals surface area (Å²) in [7, 11) is 0. The second-order valence-corrected chi connectivity index (χ2v) is 5.57. The molecule has 3 rings (SSSR count). The SMILES string of the molecule is Cc1c/c(=N\NC(=O)Nc2ccc(Cl)cc2)oc2cc(O)ccc12.